The number of methoxy groups -OCH3 is 1. The van der Waals surface area contributed by atoms with E-state index in [1.807, 2.05) is 36.2 Å². The molecule has 0 aliphatic carbocycles. The van der Waals surface area contributed by atoms with Crippen molar-refractivity contribution in [3.63, 3.8) is 0 Å². The van der Waals surface area contributed by atoms with Gasteiger partial charge in [0.15, 0.2) is 5.96 Å². The number of nitrogens with zero attached hydrogens (tertiary/aromatic N) is 4. The highest BCUT2D eigenvalue weighted by molar-refractivity contribution is 14.0. The Morgan fingerprint density at radius 3 is 2.44 bits per heavy atom. The van der Waals surface area contributed by atoms with Gasteiger partial charge in [0.1, 0.15) is 24.7 Å². The molecule has 0 unspecified atom stereocenters. The lowest BCUT2D eigenvalue weighted by Gasteiger charge is -2.27. The van der Waals surface area contributed by atoms with E-state index in [0.29, 0.717) is 19.1 Å². The number of morpholine rings is 1. The Bertz CT molecular complexity index is 681. The summed E-state index contributed by atoms with van der Waals surface area (Å²) in [5, 5.41) is 3.39. The van der Waals surface area contributed by atoms with Crippen LogP contribution in [-0.2, 0) is 9.53 Å². The van der Waals surface area contributed by atoms with Crippen LogP contribution >= 0.6 is 24.0 Å². The van der Waals surface area contributed by atoms with E-state index in [0.717, 1.165) is 57.3 Å². The van der Waals surface area contributed by atoms with Crippen molar-refractivity contribution in [2.75, 3.05) is 87.3 Å². The van der Waals surface area contributed by atoms with Crippen LogP contribution in [-0.4, -0.2) is 114 Å². The van der Waals surface area contributed by atoms with E-state index in [-0.39, 0.29) is 36.4 Å². The summed E-state index contributed by atoms with van der Waals surface area (Å²) in [4.78, 5) is 22.4. The number of ether oxygens (including phenoxy) is 3. The Morgan fingerprint density at radius 2 is 1.81 bits per heavy atom. The maximum atomic E-state index is 12.0. The van der Waals surface area contributed by atoms with Crippen LogP contribution in [0.25, 0.3) is 0 Å². The molecule has 2 rings (SSSR count). The van der Waals surface area contributed by atoms with Gasteiger partial charge in [-0.2, -0.15) is 0 Å². The summed E-state index contributed by atoms with van der Waals surface area (Å²) in [6.45, 7) is 6.65. The number of carbonyl (C=O) groups excluding carboxylic acids is 1. The number of nitrogens with one attached hydrogen (secondary N) is 1. The third-order valence-electron chi connectivity index (χ3n) is 5.02. The van der Waals surface area contributed by atoms with Gasteiger partial charge >= 0.3 is 0 Å². The van der Waals surface area contributed by atoms with E-state index in [4.69, 9.17) is 14.2 Å². The van der Waals surface area contributed by atoms with Gasteiger partial charge in [-0.1, -0.05) is 0 Å². The number of carbonyl (C=O) groups is 1. The SMILES string of the molecule is COc1ccc(OCCN(C)C(=NCC(=O)N(C)C)NCCCN2CCOCC2)cc1.I. The molecule has 0 atom stereocenters. The molecule has 1 aliphatic rings. The Labute approximate surface area is 209 Å². The van der Waals surface area contributed by atoms with E-state index < -0.39 is 0 Å². The molecule has 9 nitrogen and oxygen atoms in total. The van der Waals surface area contributed by atoms with Crippen LogP contribution in [0.15, 0.2) is 29.3 Å². The first-order chi connectivity index (χ1) is 15.0. The molecular weight excluding hydrogens is 525 g/mol. The molecule has 1 N–H and O–H groups in total. The molecule has 1 aliphatic heterocycles. The van der Waals surface area contributed by atoms with Crippen LogP contribution in [0.5, 0.6) is 11.5 Å². The van der Waals surface area contributed by atoms with Gasteiger partial charge in [0.25, 0.3) is 0 Å². The Morgan fingerprint density at radius 1 is 1.16 bits per heavy atom. The molecule has 0 spiro atoms. The summed E-state index contributed by atoms with van der Waals surface area (Å²) >= 11 is 0. The predicted octanol–water partition coefficient (Wildman–Crippen LogP) is 1.38. The maximum Gasteiger partial charge on any atom is 0.243 e. The normalized spacial score (nSPS) is 14.3. The average Bonchev–Trinajstić information content (AvgIpc) is 2.79. The molecule has 0 aromatic heterocycles. The zero-order valence-corrected chi connectivity index (χ0v) is 22.0. The van der Waals surface area contributed by atoms with Gasteiger partial charge in [0, 0.05) is 40.8 Å². The van der Waals surface area contributed by atoms with Gasteiger partial charge in [0.05, 0.1) is 26.9 Å². The number of hydrogen-bond acceptors (Lipinski definition) is 6. The molecule has 10 heteroatoms. The first kappa shape index (κ1) is 28.2. The molecule has 1 heterocycles. The van der Waals surface area contributed by atoms with Gasteiger partial charge in [-0.15, -0.1) is 24.0 Å². The third kappa shape index (κ3) is 10.7. The second kappa shape index (κ2) is 15.9. The first-order valence-electron chi connectivity index (χ1n) is 10.8. The molecular formula is C22H38IN5O4. The lowest BCUT2D eigenvalue weighted by Crippen LogP contribution is -2.43. The van der Waals surface area contributed by atoms with Crippen LogP contribution in [0, 0.1) is 0 Å². The monoisotopic (exact) mass is 563 g/mol. The predicted molar refractivity (Wildman–Crippen MR) is 137 cm³/mol. The Hall–Kier alpha value is -1.79. The number of amides is 1. The molecule has 1 aromatic carbocycles. The highest BCUT2D eigenvalue weighted by atomic mass is 127. The van der Waals surface area contributed by atoms with E-state index in [9.17, 15) is 4.79 Å². The highest BCUT2D eigenvalue weighted by Gasteiger charge is 2.12. The van der Waals surface area contributed by atoms with Gasteiger partial charge in [-0.05, 0) is 37.2 Å². The number of aliphatic imine (C=N–C) groups is 1. The Balaban J connectivity index is 0.00000512. The quantitative estimate of drug-likeness (QED) is 0.189. The number of halogens is 1. The van der Waals surface area contributed by atoms with E-state index in [1.165, 1.54) is 0 Å². The van der Waals surface area contributed by atoms with E-state index >= 15 is 0 Å². The molecule has 182 valence electrons. The largest absolute Gasteiger partial charge is 0.497 e. The third-order valence-corrected chi connectivity index (χ3v) is 5.02. The zero-order valence-electron chi connectivity index (χ0n) is 19.7. The van der Waals surface area contributed by atoms with Gasteiger partial charge in [0.2, 0.25) is 5.91 Å². The minimum Gasteiger partial charge on any atom is -0.497 e. The highest BCUT2D eigenvalue weighted by Crippen LogP contribution is 2.16. The van der Waals surface area contributed by atoms with Gasteiger partial charge < -0.3 is 29.3 Å². The van der Waals surface area contributed by atoms with Crippen LogP contribution in [0.3, 0.4) is 0 Å². The average molecular weight is 563 g/mol. The van der Waals surface area contributed by atoms with Crippen molar-refractivity contribution in [3.8, 4) is 11.5 Å². The lowest BCUT2D eigenvalue weighted by atomic mass is 10.3. The molecule has 1 fully saturated rings. The minimum atomic E-state index is -0.0319. The van der Waals surface area contributed by atoms with Crippen LogP contribution in [0.2, 0.25) is 0 Å². The molecule has 0 saturated carbocycles. The number of likely N-dealkylation sites (N-methyl/N-ethyl adjacent to an activating group) is 2. The number of benzene rings is 1. The molecule has 32 heavy (non-hydrogen) atoms. The number of guanidine groups is 1. The second-order valence-electron chi connectivity index (χ2n) is 7.61. The van der Waals surface area contributed by atoms with Crippen LogP contribution in [0.1, 0.15) is 6.42 Å². The summed E-state index contributed by atoms with van der Waals surface area (Å²) in [6.07, 6.45) is 0.997. The van der Waals surface area contributed by atoms with E-state index in [1.54, 1.807) is 26.1 Å². The maximum absolute atomic E-state index is 12.0. The fourth-order valence-corrected chi connectivity index (χ4v) is 3.00. The topological polar surface area (TPSA) is 78.9 Å². The number of hydrogen-bond donors (Lipinski definition) is 1. The van der Waals surface area contributed by atoms with Crippen LogP contribution < -0.4 is 14.8 Å². The van der Waals surface area contributed by atoms with Crippen molar-refractivity contribution < 1.29 is 19.0 Å². The molecule has 1 aromatic rings. The van der Waals surface area contributed by atoms with Crippen molar-refractivity contribution in [1.82, 2.24) is 20.0 Å². The summed E-state index contributed by atoms with van der Waals surface area (Å²) < 4.78 is 16.4. The lowest BCUT2D eigenvalue weighted by molar-refractivity contribution is -0.127. The molecule has 1 amide bonds. The summed E-state index contributed by atoms with van der Waals surface area (Å²) in [6, 6.07) is 7.50. The first-order valence-corrected chi connectivity index (χ1v) is 10.8. The standard InChI is InChI=1S/C22H37N5O4.HI/c1-25(2)21(28)18-24-22(23-10-5-11-27-13-15-30-16-14-27)26(3)12-17-31-20-8-6-19(29-4)7-9-20;/h6-9H,5,10-18H2,1-4H3,(H,23,24);1H. The van der Waals surface area contributed by atoms with Crippen LogP contribution in [0.4, 0.5) is 0 Å². The van der Waals surface area contributed by atoms with Gasteiger partial charge in [-0.25, -0.2) is 4.99 Å². The number of rotatable bonds is 11. The zero-order chi connectivity index (χ0) is 22.5. The van der Waals surface area contributed by atoms with Crippen molar-refractivity contribution in [3.05, 3.63) is 24.3 Å². The van der Waals surface area contributed by atoms with Crippen molar-refractivity contribution >= 4 is 35.8 Å². The smallest absolute Gasteiger partial charge is 0.243 e. The summed E-state index contributed by atoms with van der Waals surface area (Å²) in [5.74, 6) is 2.26. The van der Waals surface area contributed by atoms with Crippen molar-refractivity contribution in [2.45, 2.75) is 6.42 Å². The van der Waals surface area contributed by atoms with E-state index in [2.05, 4.69) is 15.2 Å². The summed E-state index contributed by atoms with van der Waals surface area (Å²) in [5.41, 5.74) is 0. The second-order valence-corrected chi connectivity index (χ2v) is 7.61. The Kier molecular flexibility index (Phi) is 14.1. The fraction of sp³-hybridized carbons (Fsp3) is 0.636. The fourth-order valence-electron chi connectivity index (χ4n) is 3.00. The van der Waals surface area contributed by atoms with Crippen molar-refractivity contribution in [2.24, 2.45) is 4.99 Å². The molecule has 1 saturated heterocycles. The van der Waals surface area contributed by atoms with Crippen molar-refractivity contribution in [1.29, 1.82) is 0 Å². The molecule has 0 radical (unpaired) electrons. The molecule has 0 bridgehead atoms. The minimum absolute atomic E-state index is 0. The van der Waals surface area contributed by atoms with Gasteiger partial charge in [-0.3, -0.25) is 9.69 Å². The summed E-state index contributed by atoms with van der Waals surface area (Å²) in [7, 11) is 7.06.